The third kappa shape index (κ3) is 4.31. The van der Waals surface area contributed by atoms with Gasteiger partial charge in [0.05, 0.1) is 0 Å². The molecule has 2 N–H and O–H groups in total. The van der Waals surface area contributed by atoms with Crippen LogP contribution in [0.4, 0.5) is 5.69 Å². The molecule has 0 radical (unpaired) electrons. The lowest BCUT2D eigenvalue weighted by atomic mass is 10.2. The summed E-state index contributed by atoms with van der Waals surface area (Å²) in [5.74, 6) is 0.144. The third-order valence-corrected chi connectivity index (χ3v) is 2.74. The summed E-state index contributed by atoms with van der Waals surface area (Å²) in [6.45, 7) is 2.13. The van der Waals surface area contributed by atoms with E-state index in [4.69, 9.17) is 15.2 Å². The minimum Gasteiger partial charge on any atom is -0.482 e. The Morgan fingerprint density at radius 1 is 1.15 bits per heavy atom. The van der Waals surface area contributed by atoms with Crippen LogP contribution in [0.5, 0.6) is 5.75 Å². The van der Waals surface area contributed by atoms with Crippen LogP contribution in [0.25, 0.3) is 0 Å². The summed E-state index contributed by atoms with van der Waals surface area (Å²) in [5.41, 5.74) is 8.33. The smallest absolute Gasteiger partial charge is 0.344 e. The number of rotatable bonds is 5. The largest absolute Gasteiger partial charge is 0.482 e. The minimum absolute atomic E-state index is 0.130. The molecule has 2 aromatic rings. The van der Waals surface area contributed by atoms with E-state index in [1.165, 1.54) is 5.56 Å². The van der Waals surface area contributed by atoms with Crippen molar-refractivity contribution in [2.45, 2.75) is 13.5 Å². The van der Waals surface area contributed by atoms with Crippen molar-refractivity contribution in [3.63, 3.8) is 0 Å². The summed E-state index contributed by atoms with van der Waals surface area (Å²) in [7, 11) is 0. The van der Waals surface area contributed by atoms with Crippen LogP contribution in [0, 0.1) is 6.92 Å². The molecule has 0 fully saturated rings. The van der Waals surface area contributed by atoms with Crippen molar-refractivity contribution in [3.05, 3.63) is 59.7 Å². The fourth-order valence-electron chi connectivity index (χ4n) is 1.64. The van der Waals surface area contributed by atoms with Gasteiger partial charge in [0.1, 0.15) is 12.4 Å². The lowest BCUT2D eigenvalue weighted by molar-refractivity contribution is -0.147. The Bertz CT molecular complexity index is 579. The molecule has 0 aliphatic rings. The summed E-state index contributed by atoms with van der Waals surface area (Å²) < 4.78 is 10.4. The van der Waals surface area contributed by atoms with Gasteiger partial charge in [-0.15, -0.1) is 0 Å². The molecule has 0 bridgehead atoms. The van der Waals surface area contributed by atoms with Crippen molar-refractivity contribution in [1.29, 1.82) is 0 Å². The van der Waals surface area contributed by atoms with Crippen LogP contribution < -0.4 is 10.5 Å². The van der Waals surface area contributed by atoms with Crippen molar-refractivity contribution in [1.82, 2.24) is 0 Å². The normalized spacial score (nSPS) is 10.1. The molecule has 0 heterocycles. The number of ether oxygens (including phenoxy) is 2. The first-order valence-electron chi connectivity index (χ1n) is 6.33. The van der Waals surface area contributed by atoms with E-state index in [0.29, 0.717) is 11.4 Å². The van der Waals surface area contributed by atoms with Crippen LogP contribution >= 0.6 is 0 Å². The number of carbonyl (C=O) groups excluding carboxylic acids is 1. The zero-order chi connectivity index (χ0) is 14.4. The molecule has 2 rings (SSSR count). The van der Waals surface area contributed by atoms with Crippen LogP contribution in [0.15, 0.2) is 48.5 Å². The number of anilines is 1. The van der Waals surface area contributed by atoms with E-state index in [1.807, 2.05) is 31.2 Å². The summed E-state index contributed by atoms with van der Waals surface area (Å²) >= 11 is 0. The quantitative estimate of drug-likeness (QED) is 0.671. The monoisotopic (exact) mass is 271 g/mol. The van der Waals surface area contributed by atoms with Gasteiger partial charge in [-0.3, -0.25) is 0 Å². The molecule has 104 valence electrons. The molecule has 20 heavy (non-hydrogen) atoms. The summed E-state index contributed by atoms with van der Waals surface area (Å²) in [6.07, 6.45) is 0. The van der Waals surface area contributed by atoms with Gasteiger partial charge in [-0.1, -0.05) is 35.9 Å². The molecule has 0 aliphatic carbocycles. The van der Waals surface area contributed by atoms with Gasteiger partial charge >= 0.3 is 5.97 Å². The topological polar surface area (TPSA) is 61.5 Å². The molecule has 4 heteroatoms. The van der Waals surface area contributed by atoms with Gasteiger partial charge in [-0.25, -0.2) is 4.79 Å². The van der Waals surface area contributed by atoms with Gasteiger partial charge in [0.2, 0.25) is 0 Å². The highest BCUT2D eigenvalue weighted by molar-refractivity contribution is 5.71. The van der Waals surface area contributed by atoms with Gasteiger partial charge in [0.25, 0.3) is 0 Å². The van der Waals surface area contributed by atoms with E-state index >= 15 is 0 Å². The second kappa shape index (κ2) is 6.61. The molecule has 0 saturated carbocycles. The number of carbonyl (C=O) groups is 1. The molecular weight excluding hydrogens is 254 g/mol. The zero-order valence-corrected chi connectivity index (χ0v) is 11.3. The van der Waals surface area contributed by atoms with E-state index in [9.17, 15) is 4.79 Å². The highest BCUT2D eigenvalue weighted by Crippen LogP contribution is 2.14. The van der Waals surface area contributed by atoms with E-state index in [0.717, 1.165) is 5.56 Å². The maximum atomic E-state index is 11.6. The Morgan fingerprint density at radius 3 is 2.60 bits per heavy atom. The number of benzene rings is 2. The van der Waals surface area contributed by atoms with Gasteiger partial charge in [-0.2, -0.15) is 0 Å². The second-order valence-corrected chi connectivity index (χ2v) is 4.51. The Kier molecular flexibility index (Phi) is 4.60. The molecule has 0 amide bonds. The molecule has 0 spiro atoms. The molecule has 0 aromatic heterocycles. The highest BCUT2D eigenvalue weighted by atomic mass is 16.6. The Morgan fingerprint density at radius 2 is 1.90 bits per heavy atom. The van der Waals surface area contributed by atoms with Crippen LogP contribution in [0.3, 0.4) is 0 Å². The molecule has 0 unspecified atom stereocenters. The number of aryl methyl sites for hydroxylation is 1. The summed E-state index contributed by atoms with van der Waals surface area (Å²) in [4.78, 5) is 11.6. The lowest BCUT2D eigenvalue weighted by Gasteiger charge is -2.07. The maximum absolute atomic E-state index is 11.6. The summed E-state index contributed by atoms with van der Waals surface area (Å²) in [5, 5.41) is 0. The molecule has 0 aliphatic heterocycles. The van der Waals surface area contributed by atoms with E-state index in [-0.39, 0.29) is 13.2 Å². The van der Waals surface area contributed by atoms with E-state index in [2.05, 4.69) is 0 Å². The first-order chi connectivity index (χ1) is 9.63. The lowest BCUT2D eigenvalue weighted by Crippen LogP contribution is -2.14. The number of nitrogen functional groups attached to an aromatic ring is 1. The minimum atomic E-state index is -0.409. The van der Waals surface area contributed by atoms with Gasteiger partial charge < -0.3 is 15.2 Å². The van der Waals surface area contributed by atoms with Crippen molar-refractivity contribution in [2.75, 3.05) is 12.3 Å². The van der Waals surface area contributed by atoms with E-state index in [1.54, 1.807) is 24.3 Å². The van der Waals surface area contributed by atoms with Crippen LogP contribution in [0.2, 0.25) is 0 Å². The molecule has 0 saturated heterocycles. The SMILES string of the molecule is Cc1ccc(COC(=O)COc2cccc(N)c2)cc1. The number of hydrogen-bond acceptors (Lipinski definition) is 4. The van der Waals surface area contributed by atoms with E-state index < -0.39 is 5.97 Å². The Labute approximate surface area is 118 Å². The average molecular weight is 271 g/mol. The number of hydrogen-bond donors (Lipinski definition) is 1. The van der Waals surface area contributed by atoms with Crippen molar-refractivity contribution >= 4 is 11.7 Å². The predicted octanol–water partition coefficient (Wildman–Crippen LogP) is 2.70. The predicted molar refractivity (Wildman–Crippen MR) is 77.3 cm³/mol. The van der Waals surface area contributed by atoms with Crippen molar-refractivity contribution in [3.8, 4) is 5.75 Å². The molecular formula is C16H17NO3. The number of esters is 1. The Balaban J connectivity index is 1.77. The highest BCUT2D eigenvalue weighted by Gasteiger charge is 2.05. The Hall–Kier alpha value is -2.49. The molecule has 4 nitrogen and oxygen atoms in total. The zero-order valence-electron chi connectivity index (χ0n) is 11.3. The van der Waals surface area contributed by atoms with Crippen LogP contribution in [-0.4, -0.2) is 12.6 Å². The maximum Gasteiger partial charge on any atom is 0.344 e. The van der Waals surface area contributed by atoms with Gasteiger partial charge in [-0.05, 0) is 24.6 Å². The van der Waals surface area contributed by atoms with Crippen LogP contribution in [-0.2, 0) is 16.1 Å². The third-order valence-electron chi connectivity index (χ3n) is 2.74. The van der Waals surface area contributed by atoms with Gasteiger partial charge in [0.15, 0.2) is 6.61 Å². The standard InChI is InChI=1S/C16H17NO3/c1-12-5-7-13(8-6-12)10-20-16(18)11-19-15-4-2-3-14(17)9-15/h2-9H,10-11,17H2,1H3. The molecule has 0 atom stereocenters. The van der Waals surface area contributed by atoms with Crippen molar-refractivity contribution in [2.24, 2.45) is 0 Å². The fourth-order valence-corrected chi connectivity index (χ4v) is 1.64. The average Bonchev–Trinajstić information content (AvgIpc) is 2.45. The summed E-state index contributed by atoms with van der Waals surface area (Å²) in [6, 6.07) is 14.7. The van der Waals surface area contributed by atoms with Crippen LogP contribution in [0.1, 0.15) is 11.1 Å². The van der Waals surface area contributed by atoms with Crippen molar-refractivity contribution < 1.29 is 14.3 Å². The first-order valence-corrected chi connectivity index (χ1v) is 6.33. The fraction of sp³-hybridized carbons (Fsp3) is 0.188. The van der Waals surface area contributed by atoms with Gasteiger partial charge in [0, 0.05) is 11.8 Å². The number of nitrogens with two attached hydrogens (primary N) is 1. The second-order valence-electron chi connectivity index (χ2n) is 4.51. The first kappa shape index (κ1) is 13.9. The molecule has 2 aromatic carbocycles.